The molecule has 0 aromatic carbocycles. The molecule has 0 saturated carbocycles. The van der Waals surface area contributed by atoms with E-state index < -0.39 is 35.8 Å². The molecular formula is C18H28N4O6. The Morgan fingerprint density at radius 3 is 2.68 bits per heavy atom. The largest absolute Gasteiger partial charge is 0.454 e. The summed E-state index contributed by atoms with van der Waals surface area (Å²) in [6.07, 6.45) is 2.67. The predicted molar refractivity (Wildman–Crippen MR) is 103 cm³/mol. The number of nitrogen functional groups attached to an aromatic ring is 1. The molecule has 0 spiro atoms. The molecule has 3 N–H and O–H groups in total. The minimum absolute atomic E-state index is 0.0782. The van der Waals surface area contributed by atoms with Crippen LogP contribution in [0.1, 0.15) is 46.0 Å². The van der Waals surface area contributed by atoms with Crippen LogP contribution in [0.25, 0.3) is 0 Å². The fraction of sp³-hybridized carbons (Fsp3) is 0.667. The number of carbonyl (C=O) groups excluding carboxylic acids is 2. The summed E-state index contributed by atoms with van der Waals surface area (Å²) >= 11 is 0. The number of amides is 1. The normalized spacial score (nSPS) is 16.1. The molecular weight excluding hydrogens is 368 g/mol. The summed E-state index contributed by atoms with van der Waals surface area (Å²) in [6.45, 7) is 4.27. The van der Waals surface area contributed by atoms with Gasteiger partial charge in [0.15, 0.2) is 18.4 Å². The molecule has 0 unspecified atom stereocenters. The number of aromatic nitrogens is 2. The van der Waals surface area contributed by atoms with E-state index in [1.165, 1.54) is 9.47 Å². The zero-order valence-corrected chi connectivity index (χ0v) is 16.4. The van der Waals surface area contributed by atoms with Gasteiger partial charge < -0.3 is 20.1 Å². The van der Waals surface area contributed by atoms with Gasteiger partial charge in [-0.1, -0.05) is 20.3 Å². The topological polar surface area (TPSA) is 137 Å². The Balaban J connectivity index is 2.26. The van der Waals surface area contributed by atoms with Crippen molar-refractivity contribution in [3.63, 3.8) is 0 Å². The van der Waals surface area contributed by atoms with Crippen LogP contribution in [0, 0.1) is 0 Å². The lowest BCUT2D eigenvalue weighted by molar-refractivity contribution is -0.157. The maximum absolute atomic E-state index is 12.7. The Bertz CT molecular complexity index is 809. The van der Waals surface area contributed by atoms with Crippen molar-refractivity contribution in [2.45, 2.75) is 58.6 Å². The van der Waals surface area contributed by atoms with Crippen LogP contribution in [-0.2, 0) is 25.6 Å². The van der Waals surface area contributed by atoms with Gasteiger partial charge in [0.25, 0.3) is 11.5 Å². The Morgan fingerprint density at radius 2 is 2.07 bits per heavy atom. The van der Waals surface area contributed by atoms with Crippen LogP contribution >= 0.6 is 0 Å². The molecule has 10 heteroatoms. The Labute approximate surface area is 162 Å². The number of hydrogen-bond acceptors (Lipinski definition) is 7. The summed E-state index contributed by atoms with van der Waals surface area (Å²) < 4.78 is 11.5. The average Bonchev–Trinajstić information content (AvgIpc) is 3.20. The minimum Gasteiger partial charge on any atom is -0.454 e. The molecule has 1 aliphatic heterocycles. The van der Waals surface area contributed by atoms with E-state index >= 15 is 0 Å². The molecule has 1 aromatic heterocycles. The van der Waals surface area contributed by atoms with Gasteiger partial charge in [-0.2, -0.15) is 0 Å². The Morgan fingerprint density at radius 1 is 1.32 bits per heavy atom. The number of hydrogen-bond donors (Lipinski definition) is 2. The predicted octanol–water partition coefficient (Wildman–Crippen LogP) is 0.384. The van der Waals surface area contributed by atoms with Gasteiger partial charge in [0.1, 0.15) is 5.82 Å². The molecule has 0 radical (unpaired) electrons. The van der Waals surface area contributed by atoms with Crippen molar-refractivity contribution in [1.82, 2.24) is 9.55 Å². The second kappa shape index (κ2) is 10.1. The van der Waals surface area contributed by atoms with Crippen molar-refractivity contribution < 1.29 is 19.1 Å². The summed E-state index contributed by atoms with van der Waals surface area (Å²) in [5.74, 6) is -1.26. The zero-order valence-electron chi connectivity index (χ0n) is 16.4. The molecule has 156 valence electrons. The number of nitrogens with two attached hydrogens (primary N) is 1. The molecule has 0 aliphatic carbocycles. The SMILES string of the molecule is CCCCN(C(=O)COC(=O)[C@@H]1CCCO1)c1c(N)n(CCC)c(=O)[nH]c1=O. The van der Waals surface area contributed by atoms with Gasteiger partial charge in [0.2, 0.25) is 0 Å². The molecule has 10 nitrogen and oxygen atoms in total. The van der Waals surface area contributed by atoms with Gasteiger partial charge in [-0.15, -0.1) is 0 Å². The molecule has 1 atom stereocenters. The summed E-state index contributed by atoms with van der Waals surface area (Å²) in [5.41, 5.74) is 4.59. The van der Waals surface area contributed by atoms with Crippen molar-refractivity contribution in [2.75, 3.05) is 30.4 Å². The monoisotopic (exact) mass is 396 g/mol. The second-order valence-electron chi connectivity index (χ2n) is 6.65. The number of H-pyrrole nitrogens is 1. The van der Waals surface area contributed by atoms with Crippen LogP contribution in [0.5, 0.6) is 0 Å². The molecule has 1 aromatic rings. The summed E-state index contributed by atoms with van der Waals surface area (Å²) in [5, 5.41) is 0. The van der Waals surface area contributed by atoms with E-state index in [9.17, 15) is 19.2 Å². The number of nitrogens with zero attached hydrogens (tertiary/aromatic N) is 2. The average molecular weight is 396 g/mol. The standard InChI is InChI=1S/C18H28N4O6/c1-3-5-9-21(13(23)11-28-17(25)12-7-6-10-27-12)14-15(19)22(8-4-2)18(26)20-16(14)24/h12H,3-11,19H2,1-2H3,(H,20,24,26)/t12-/m0/s1. The molecule has 1 amide bonds. The Hall–Kier alpha value is -2.62. The quantitative estimate of drug-likeness (QED) is 0.576. The second-order valence-corrected chi connectivity index (χ2v) is 6.65. The van der Waals surface area contributed by atoms with Gasteiger partial charge >= 0.3 is 11.7 Å². The van der Waals surface area contributed by atoms with E-state index in [4.69, 9.17) is 15.2 Å². The van der Waals surface area contributed by atoms with Crippen molar-refractivity contribution in [1.29, 1.82) is 0 Å². The van der Waals surface area contributed by atoms with Crippen molar-refractivity contribution >= 4 is 23.4 Å². The van der Waals surface area contributed by atoms with Crippen molar-refractivity contribution in [3.8, 4) is 0 Å². The van der Waals surface area contributed by atoms with Gasteiger partial charge in [0, 0.05) is 19.7 Å². The number of ether oxygens (including phenoxy) is 2. The molecule has 1 fully saturated rings. The Kier molecular flexibility index (Phi) is 7.80. The first kappa shape index (κ1) is 21.7. The molecule has 2 heterocycles. The third-order valence-electron chi connectivity index (χ3n) is 4.50. The first-order valence-corrected chi connectivity index (χ1v) is 9.61. The number of esters is 1. The van der Waals surface area contributed by atoms with Crippen molar-refractivity contribution in [2.24, 2.45) is 0 Å². The highest BCUT2D eigenvalue weighted by atomic mass is 16.6. The van der Waals surface area contributed by atoms with E-state index in [2.05, 4.69) is 4.98 Å². The van der Waals surface area contributed by atoms with Crippen LogP contribution in [-0.4, -0.2) is 47.3 Å². The molecule has 1 aliphatic rings. The van der Waals surface area contributed by atoms with Crippen LogP contribution in [0.15, 0.2) is 9.59 Å². The van der Waals surface area contributed by atoms with E-state index in [1.54, 1.807) is 0 Å². The number of nitrogens with one attached hydrogen (secondary N) is 1. The highest BCUT2D eigenvalue weighted by Gasteiger charge is 2.28. The first-order valence-electron chi connectivity index (χ1n) is 9.61. The van der Waals surface area contributed by atoms with Crippen LogP contribution in [0.2, 0.25) is 0 Å². The van der Waals surface area contributed by atoms with Gasteiger partial charge in [-0.25, -0.2) is 9.59 Å². The fourth-order valence-corrected chi connectivity index (χ4v) is 3.03. The molecule has 1 saturated heterocycles. The smallest absolute Gasteiger partial charge is 0.335 e. The fourth-order valence-electron chi connectivity index (χ4n) is 3.03. The van der Waals surface area contributed by atoms with Gasteiger partial charge in [0.05, 0.1) is 0 Å². The number of unbranched alkanes of at least 4 members (excludes halogenated alkanes) is 1. The number of rotatable bonds is 9. The number of carbonyl (C=O) groups is 2. The lowest BCUT2D eigenvalue weighted by atomic mass is 10.2. The summed E-state index contributed by atoms with van der Waals surface area (Å²) in [4.78, 5) is 52.5. The maximum Gasteiger partial charge on any atom is 0.335 e. The van der Waals surface area contributed by atoms with E-state index in [0.717, 1.165) is 12.8 Å². The lowest BCUT2D eigenvalue weighted by Crippen LogP contribution is -2.43. The third-order valence-corrected chi connectivity index (χ3v) is 4.50. The van der Waals surface area contributed by atoms with Crippen molar-refractivity contribution in [3.05, 3.63) is 20.8 Å². The number of aromatic amines is 1. The molecule has 28 heavy (non-hydrogen) atoms. The highest BCUT2D eigenvalue weighted by molar-refractivity contribution is 5.97. The number of anilines is 2. The molecule has 2 rings (SSSR count). The van der Waals surface area contributed by atoms with E-state index in [-0.39, 0.29) is 18.1 Å². The molecule has 0 bridgehead atoms. The lowest BCUT2D eigenvalue weighted by Gasteiger charge is -2.24. The van der Waals surface area contributed by atoms with Crippen LogP contribution in [0.3, 0.4) is 0 Å². The minimum atomic E-state index is -0.746. The highest BCUT2D eigenvalue weighted by Crippen LogP contribution is 2.19. The van der Waals surface area contributed by atoms with Gasteiger partial charge in [-0.3, -0.25) is 19.1 Å². The van der Waals surface area contributed by atoms with Crippen LogP contribution < -0.4 is 21.9 Å². The maximum atomic E-state index is 12.7. The zero-order chi connectivity index (χ0) is 20.7. The van der Waals surface area contributed by atoms with E-state index in [1.807, 2.05) is 13.8 Å². The first-order chi connectivity index (χ1) is 13.4. The summed E-state index contributed by atoms with van der Waals surface area (Å²) in [6, 6.07) is 0. The van der Waals surface area contributed by atoms with E-state index in [0.29, 0.717) is 32.4 Å². The van der Waals surface area contributed by atoms with Crippen LogP contribution in [0.4, 0.5) is 11.5 Å². The third kappa shape index (κ3) is 5.00. The van der Waals surface area contributed by atoms with Gasteiger partial charge in [-0.05, 0) is 25.7 Å². The summed E-state index contributed by atoms with van der Waals surface area (Å²) in [7, 11) is 0.